The monoisotopic (exact) mass is 329 g/mol. The number of nitrogens with one attached hydrogen (secondary N) is 1. The fraction of sp³-hybridized carbons (Fsp3) is 0.600. The lowest BCUT2D eigenvalue weighted by Gasteiger charge is -2.16. The summed E-state index contributed by atoms with van der Waals surface area (Å²) in [6.45, 7) is 6.36. The van der Waals surface area contributed by atoms with E-state index in [1.165, 1.54) is 0 Å². The van der Waals surface area contributed by atoms with E-state index < -0.39 is 25.6 Å². The second-order valence-electron chi connectivity index (χ2n) is 5.13. The van der Waals surface area contributed by atoms with Crippen LogP contribution < -0.4 is 5.32 Å². The van der Waals surface area contributed by atoms with E-state index in [1.807, 2.05) is 31.2 Å². The van der Waals surface area contributed by atoms with Crippen molar-refractivity contribution in [3.05, 3.63) is 29.8 Å². The minimum absolute atomic E-state index is 0.279. The van der Waals surface area contributed by atoms with E-state index in [9.17, 15) is 9.67 Å². The van der Waals surface area contributed by atoms with Crippen LogP contribution in [-0.2, 0) is 18.3 Å². The van der Waals surface area contributed by atoms with Crippen molar-refractivity contribution in [1.29, 1.82) is 0 Å². The SMILES string of the molecule is CCOP(=O)(OCC)[C@H]1O[C@@H]1[C@H](O)CNc1ccccc1C. The Hall–Kier alpha value is -0.910. The summed E-state index contributed by atoms with van der Waals surface area (Å²) in [5.41, 5.74) is 2.05. The lowest BCUT2D eigenvalue weighted by atomic mass is 10.2. The van der Waals surface area contributed by atoms with Crippen LogP contribution in [-0.4, -0.2) is 42.9 Å². The molecule has 124 valence electrons. The molecule has 22 heavy (non-hydrogen) atoms. The number of aliphatic hydroxyl groups is 1. The Bertz CT molecular complexity index is 528. The molecule has 0 amide bonds. The van der Waals surface area contributed by atoms with Crippen molar-refractivity contribution in [3.63, 3.8) is 0 Å². The summed E-state index contributed by atoms with van der Waals surface area (Å²) in [6, 6.07) is 7.82. The summed E-state index contributed by atoms with van der Waals surface area (Å²) in [5.74, 6) is -0.680. The van der Waals surface area contributed by atoms with Gasteiger partial charge in [0.1, 0.15) is 12.2 Å². The third-order valence-corrected chi connectivity index (χ3v) is 5.73. The topological polar surface area (TPSA) is 80.3 Å². The highest BCUT2D eigenvalue weighted by molar-refractivity contribution is 7.54. The summed E-state index contributed by atoms with van der Waals surface area (Å²) in [7, 11) is -3.31. The van der Waals surface area contributed by atoms with Gasteiger partial charge in [-0.25, -0.2) is 0 Å². The van der Waals surface area contributed by atoms with E-state index in [2.05, 4.69) is 5.32 Å². The highest BCUT2D eigenvalue weighted by Crippen LogP contribution is 2.61. The number of rotatable bonds is 9. The van der Waals surface area contributed by atoms with Gasteiger partial charge in [-0.15, -0.1) is 0 Å². The maximum absolute atomic E-state index is 12.5. The number of para-hydroxylation sites is 1. The predicted molar refractivity (Wildman–Crippen MR) is 85.2 cm³/mol. The van der Waals surface area contributed by atoms with Gasteiger partial charge in [-0.1, -0.05) is 18.2 Å². The normalized spacial score (nSPS) is 22.4. The van der Waals surface area contributed by atoms with Gasteiger partial charge in [-0.05, 0) is 32.4 Å². The molecule has 2 rings (SSSR count). The van der Waals surface area contributed by atoms with Gasteiger partial charge in [0, 0.05) is 12.2 Å². The first-order valence-corrected chi connectivity index (χ1v) is 9.14. The van der Waals surface area contributed by atoms with Crippen molar-refractivity contribution in [3.8, 4) is 0 Å². The third-order valence-electron chi connectivity index (χ3n) is 3.46. The number of benzene rings is 1. The van der Waals surface area contributed by atoms with Crippen LogP contribution in [0.1, 0.15) is 19.4 Å². The summed E-state index contributed by atoms with van der Waals surface area (Å²) in [6.07, 6.45) is -1.31. The Kier molecular flexibility index (Phi) is 6.01. The summed E-state index contributed by atoms with van der Waals surface area (Å²) in [5, 5.41) is 13.4. The van der Waals surface area contributed by atoms with E-state index >= 15 is 0 Å². The van der Waals surface area contributed by atoms with E-state index in [4.69, 9.17) is 13.8 Å². The average Bonchev–Trinajstić information content (AvgIpc) is 3.28. The molecular weight excluding hydrogens is 305 g/mol. The lowest BCUT2D eigenvalue weighted by molar-refractivity contribution is 0.146. The number of anilines is 1. The molecule has 3 atom stereocenters. The van der Waals surface area contributed by atoms with Crippen LogP contribution in [0.3, 0.4) is 0 Å². The molecule has 6 nitrogen and oxygen atoms in total. The number of aliphatic hydroxyl groups excluding tert-OH is 1. The molecule has 0 radical (unpaired) electrons. The molecule has 1 heterocycles. The smallest absolute Gasteiger partial charge is 0.361 e. The van der Waals surface area contributed by atoms with Crippen molar-refractivity contribution in [2.75, 3.05) is 25.1 Å². The van der Waals surface area contributed by atoms with Gasteiger partial charge in [0.25, 0.3) is 0 Å². The predicted octanol–water partition coefficient (Wildman–Crippen LogP) is 2.76. The van der Waals surface area contributed by atoms with Crippen molar-refractivity contribution in [1.82, 2.24) is 0 Å². The minimum atomic E-state index is -3.31. The van der Waals surface area contributed by atoms with Crippen LogP contribution >= 0.6 is 7.60 Å². The van der Waals surface area contributed by atoms with Crippen LogP contribution in [0, 0.1) is 6.92 Å². The zero-order chi connectivity index (χ0) is 16.2. The molecule has 0 saturated carbocycles. The molecule has 1 aromatic carbocycles. The average molecular weight is 329 g/mol. The van der Waals surface area contributed by atoms with Crippen molar-refractivity contribution in [2.45, 2.75) is 38.8 Å². The van der Waals surface area contributed by atoms with Crippen LogP contribution in [0.2, 0.25) is 0 Å². The molecule has 1 fully saturated rings. The van der Waals surface area contributed by atoms with Gasteiger partial charge >= 0.3 is 7.60 Å². The third kappa shape index (κ3) is 4.09. The maximum Gasteiger partial charge on any atom is 0.361 e. The zero-order valence-corrected chi connectivity index (χ0v) is 14.1. The van der Waals surface area contributed by atoms with Crippen molar-refractivity contribution < 1.29 is 23.5 Å². The van der Waals surface area contributed by atoms with E-state index in [-0.39, 0.29) is 13.2 Å². The van der Waals surface area contributed by atoms with Gasteiger partial charge in [0.15, 0.2) is 5.85 Å². The standard InChI is InChI=1S/C15H24NO5P/c1-4-19-22(18,20-5-2)15-14(21-15)13(17)10-16-12-9-7-6-8-11(12)3/h6-9,13-17H,4-5,10H2,1-3H3/t13-,14-,15-/m1/s1. The van der Waals surface area contributed by atoms with Crippen molar-refractivity contribution >= 4 is 13.3 Å². The summed E-state index contributed by atoms with van der Waals surface area (Å²) >= 11 is 0. The van der Waals surface area contributed by atoms with E-state index in [0.717, 1.165) is 11.3 Å². The molecule has 1 aliphatic rings. The second-order valence-corrected chi connectivity index (χ2v) is 7.23. The first-order valence-electron chi connectivity index (χ1n) is 7.53. The Labute approximate surface area is 131 Å². The number of aryl methyl sites for hydroxylation is 1. The fourth-order valence-electron chi connectivity index (χ4n) is 2.30. The van der Waals surface area contributed by atoms with Crippen LogP contribution in [0.5, 0.6) is 0 Å². The number of epoxide rings is 1. The lowest BCUT2D eigenvalue weighted by Crippen LogP contribution is -2.27. The Balaban J connectivity index is 1.88. The number of hydrogen-bond donors (Lipinski definition) is 2. The van der Waals surface area contributed by atoms with Gasteiger partial charge in [0.05, 0.1) is 13.2 Å². The highest BCUT2D eigenvalue weighted by Gasteiger charge is 2.57. The molecule has 0 aromatic heterocycles. The van der Waals surface area contributed by atoms with Crippen LogP contribution in [0.25, 0.3) is 0 Å². The number of hydrogen-bond acceptors (Lipinski definition) is 6. The molecule has 0 unspecified atom stereocenters. The fourth-order valence-corrected chi connectivity index (χ4v) is 4.23. The molecule has 1 saturated heterocycles. The van der Waals surface area contributed by atoms with Gasteiger partial charge in [-0.2, -0.15) is 0 Å². The molecule has 0 aliphatic carbocycles. The maximum atomic E-state index is 12.5. The van der Waals surface area contributed by atoms with Crippen molar-refractivity contribution in [2.24, 2.45) is 0 Å². The van der Waals surface area contributed by atoms with Gasteiger partial charge in [-0.3, -0.25) is 4.57 Å². The number of ether oxygens (including phenoxy) is 1. The second kappa shape index (κ2) is 7.57. The molecule has 7 heteroatoms. The van der Waals surface area contributed by atoms with E-state index in [0.29, 0.717) is 6.54 Å². The Morgan fingerprint density at radius 3 is 2.55 bits per heavy atom. The molecule has 1 aliphatic heterocycles. The zero-order valence-electron chi connectivity index (χ0n) is 13.2. The first-order chi connectivity index (χ1) is 10.5. The van der Waals surface area contributed by atoms with E-state index in [1.54, 1.807) is 13.8 Å². The highest BCUT2D eigenvalue weighted by atomic mass is 31.2. The summed E-state index contributed by atoms with van der Waals surface area (Å²) in [4.78, 5) is 0. The minimum Gasteiger partial charge on any atom is -0.388 e. The van der Waals surface area contributed by atoms with Crippen LogP contribution in [0.15, 0.2) is 24.3 Å². The first kappa shape index (κ1) is 17.4. The molecular formula is C15H24NO5P. The molecule has 1 aromatic rings. The van der Waals surface area contributed by atoms with Gasteiger partial charge < -0.3 is 24.2 Å². The van der Waals surface area contributed by atoms with Gasteiger partial charge in [0.2, 0.25) is 0 Å². The largest absolute Gasteiger partial charge is 0.388 e. The Morgan fingerprint density at radius 2 is 1.95 bits per heavy atom. The summed E-state index contributed by atoms with van der Waals surface area (Å²) < 4.78 is 28.3. The Morgan fingerprint density at radius 1 is 1.32 bits per heavy atom. The molecule has 0 bridgehead atoms. The quantitative estimate of drug-likeness (QED) is 0.536. The molecule has 0 spiro atoms. The van der Waals surface area contributed by atoms with Crippen LogP contribution in [0.4, 0.5) is 5.69 Å². The molecule has 2 N–H and O–H groups in total.